The van der Waals surface area contributed by atoms with E-state index in [9.17, 15) is 19.8 Å². The highest BCUT2D eigenvalue weighted by molar-refractivity contribution is 6.33. The number of phenolic OH excluding ortho intramolecular Hbond substituents is 2. The van der Waals surface area contributed by atoms with Gasteiger partial charge in [0.15, 0.2) is 11.5 Å². The third-order valence-electron chi connectivity index (χ3n) is 10.3. The van der Waals surface area contributed by atoms with E-state index in [0.717, 1.165) is 17.4 Å². The van der Waals surface area contributed by atoms with Crippen molar-refractivity contribution < 1.29 is 33.9 Å². The van der Waals surface area contributed by atoms with Crippen LogP contribution in [0.15, 0.2) is 188 Å². The van der Waals surface area contributed by atoms with Gasteiger partial charge in [0, 0.05) is 32.5 Å². The van der Waals surface area contributed by atoms with Crippen LogP contribution in [0.5, 0.6) is 11.5 Å². The maximum absolute atomic E-state index is 13.2. The summed E-state index contributed by atoms with van der Waals surface area (Å²) in [6, 6.07) is 44.2. The average Bonchev–Trinajstić information content (AvgIpc) is 3.86. The molecule has 19 heteroatoms. The summed E-state index contributed by atoms with van der Waals surface area (Å²) in [5, 5.41) is 60.2. The number of hydrogen-bond acceptors (Lipinski definition) is 15. The van der Waals surface area contributed by atoms with E-state index in [4.69, 9.17) is 37.3 Å². The van der Waals surface area contributed by atoms with Crippen LogP contribution in [0.4, 0.5) is 38.9 Å². The number of rotatable bonds is 14. The first-order valence-corrected chi connectivity index (χ1v) is 21.5. The number of aromatic hydroxyl groups is 2. The zero-order valence-corrected chi connectivity index (χ0v) is 37.1. The fourth-order valence-corrected chi connectivity index (χ4v) is 7.23. The summed E-state index contributed by atoms with van der Waals surface area (Å²) < 4.78 is 6.01. The van der Waals surface area contributed by atoms with Crippen LogP contribution in [-0.2, 0) is 16.3 Å². The molecule has 9 rings (SSSR count). The summed E-state index contributed by atoms with van der Waals surface area (Å²) in [5.74, 6) is -1.03. The normalized spacial score (nSPS) is 11.4. The van der Waals surface area contributed by atoms with Crippen molar-refractivity contribution in [3.8, 4) is 34.4 Å². The molecule has 3 amide bonds. The van der Waals surface area contributed by atoms with Gasteiger partial charge in [0.05, 0.1) is 27.6 Å². The van der Waals surface area contributed by atoms with E-state index in [1.807, 2.05) is 42.5 Å². The summed E-state index contributed by atoms with van der Waals surface area (Å²) in [4.78, 5) is 36.4. The Hall–Kier alpha value is -9.19. The molecule has 9 aromatic rings. The third-order valence-corrected chi connectivity index (χ3v) is 11.0. The highest BCUT2D eigenvalue weighted by Crippen LogP contribution is 2.43. The highest BCUT2D eigenvalue weighted by Gasteiger charge is 2.21. The second-order valence-corrected chi connectivity index (χ2v) is 15.6. The zero-order valence-electron chi connectivity index (χ0n) is 35.6. The van der Waals surface area contributed by atoms with E-state index in [2.05, 4.69) is 51.9 Å². The van der Waals surface area contributed by atoms with Crippen molar-refractivity contribution in [1.82, 2.24) is 15.5 Å². The Labute approximate surface area is 401 Å². The maximum atomic E-state index is 13.2. The van der Waals surface area contributed by atoms with E-state index < -0.39 is 17.7 Å². The molecule has 8 aromatic carbocycles. The maximum Gasteiger partial charge on any atom is 0.326 e. The topological polar surface area (TPSA) is 230 Å². The molecule has 69 heavy (non-hydrogen) atoms. The molecule has 0 radical (unpaired) electrons. The van der Waals surface area contributed by atoms with Crippen molar-refractivity contribution in [1.29, 1.82) is 0 Å². The fraction of sp³-hybridized carbons (Fsp3) is 0.0200. The summed E-state index contributed by atoms with van der Waals surface area (Å²) >= 11 is 12.3. The molecule has 1 heterocycles. The number of benzene rings is 8. The Balaban J connectivity index is 0.850. The van der Waals surface area contributed by atoms with Gasteiger partial charge in [-0.2, -0.15) is 10.2 Å². The van der Waals surface area contributed by atoms with Crippen molar-refractivity contribution in [2.24, 2.45) is 25.6 Å². The molecule has 0 atom stereocenters. The summed E-state index contributed by atoms with van der Waals surface area (Å²) in [7, 11) is 0. The highest BCUT2D eigenvalue weighted by atomic mass is 35.5. The van der Waals surface area contributed by atoms with Gasteiger partial charge in [-0.15, -0.1) is 20.4 Å². The molecule has 1 aromatic heterocycles. The third kappa shape index (κ3) is 10.4. The number of carbonyl (C=O) groups excluding carboxylic acids is 2. The van der Waals surface area contributed by atoms with Gasteiger partial charge in [-0.3, -0.25) is 10.1 Å². The minimum absolute atomic E-state index is 0.0296. The SMILES string of the molecule is O=C(NC(=O)c1cc2ccccc2c(N=Nc2ccc(-c3nnc(-c4ccc(N=Nc5c(O)c(NO/C=N/OCc6ccccc6Cl)cc6ccccc56)cc4)o3)cc2)c1O)Nc1ccccc1Cl. The van der Waals surface area contributed by atoms with Crippen LogP contribution >= 0.6 is 23.2 Å². The molecule has 0 saturated heterocycles. The van der Waals surface area contributed by atoms with Gasteiger partial charge >= 0.3 is 6.03 Å². The van der Waals surface area contributed by atoms with Crippen molar-refractivity contribution in [3.63, 3.8) is 0 Å². The number of oxime groups is 1. The van der Waals surface area contributed by atoms with Crippen LogP contribution in [-0.4, -0.2) is 38.7 Å². The number of para-hydroxylation sites is 1. The van der Waals surface area contributed by atoms with Gasteiger partial charge in [-0.05, 0) is 89.6 Å². The Morgan fingerprint density at radius 3 is 1.80 bits per heavy atom. The molecule has 0 unspecified atom stereocenters. The number of anilines is 2. The van der Waals surface area contributed by atoms with Crippen molar-refractivity contribution in [2.45, 2.75) is 6.61 Å². The summed E-state index contributed by atoms with van der Waals surface area (Å²) in [6.07, 6.45) is 1.05. The fourth-order valence-electron chi connectivity index (χ4n) is 6.85. The molecule has 17 nitrogen and oxygen atoms in total. The number of azo groups is 2. The number of nitrogens with one attached hydrogen (secondary N) is 3. The van der Waals surface area contributed by atoms with Crippen molar-refractivity contribution in [2.75, 3.05) is 10.8 Å². The molecule has 340 valence electrons. The Kier molecular flexibility index (Phi) is 13.4. The molecule has 0 bridgehead atoms. The molecule has 0 aliphatic carbocycles. The standard InChI is InChI=1S/C50H34Cl2N10O7/c51-39-14-6-3-11-33(39)27-67-53-28-68-62-42-26-32-10-2-5-13-37(32)44(46(42)64)59-57-35-23-19-30(20-24-35)49-61-60-48(69-49)29-17-21-34(22-18-29)56-58-43-36-12-4-1-9-31(36)25-38(45(43)63)47(65)55-50(66)54-41-16-8-7-15-40(41)52/h1-26,28,62-64H,27H2,(H2,54,55,65,66)/b53-28+,58-56?,59-57?. The van der Waals surface area contributed by atoms with E-state index in [1.54, 1.807) is 109 Å². The van der Waals surface area contributed by atoms with Gasteiger partial charge in [0.25, 0.3) is 5.91 Å². The minimum Gasteiger partial charge on any atom is -0.505 e. The minimum atomic E-state index is -0.863. The average molecular weight is 958 g/mol. The van der Waals surface area contributed by atoms with E-state index in [0.29, 0.717) is 49.4 Å². The number of urea groups is 1. The number of amides is 3. The van der Waals surface area contributed by atoms with Crippen LogP contribution in [0.1, 0.15) is 15.9 Å². The largest absolute Gasteiger partial charge is 0.505 e. The monoisotopic (exact) mass is 956 g/mol. The van der Waals surface area contributed by atoms with E-state index in [-0.39, 0.29) is 51.8 Å². The Morgan fingerprint density at radius 1 is 0.623 bits per heavy atom. The lowest BCUT2D eigenvalue weighted by Crippen LogP contribution is -2.34. The number of hydrogen-bond donors (Lipinski definition) is 5. The number of imide groups is 1. The van der Waals surface area contributed by atoms with Gasteiger partial charge in [-0.25, -0.2) is 10.3 Å². The van der Waals surface area contributed by atoms with Crippen molar-refractivity contribution >= 4 is 97.2 Å². The first-order valence-electron chi connectivity index (χ1n) is 20.7. The van der Waals surface area contributed by atoms with Crippen LogP contribution in [0, 0.1) is 0 Å². The van der Waals surface area contributed by atoms with Gasteiger partial charge in [0.1, 0.15) is 23.7 Å². The number of fused-ring (bicyclic) bond motifs is 2. The predicted molar refractivity (Wildman–Crippen MR) is 262 cm³/mol. The smallest absolute Gasteiger partial charge is 0.326 e. The lowest BCUT2D eigenvalue weighted by atomic mass is 10.0. The Bertz CT molecular complexity index is 3460. The Morgan fingerprint density at radius 2 is 1.17 bits per heavy atom. The summed E-state index contributed by atoms with van der Waals surface area (Å²) in [6.45, 7) is 0.142. The molecular formula is C50H34Cl2N10O7. The molecule has 0 saturated carbocycles. The van der Waals surface area contributed by atoms with E-state index in [1.165, 1.54) is 6.07 Å². The molecule has 0 fully saturated rings. The molecule has 0 aliphatic rings. The zero-order chi connectivity index (χ0) is 47.7. The van der Waals surface area contributed by atoms with Gasteiger partial charge in [0.2, 0.25) is 18.2 Å². The molecule has 5 N–H and O–H groups in total. The first kappa shape index (κ1) is 45.0. The van der Waals surface area contributed by atoms with Crippen LogP contribution in [0.2, 0.25) is 10.0 Å². The second kappa shape index (κ2) is 20.5. The van der Waals surface area contributed by atoms with Crippen LogP contribution < -0.4 is 16.1 Å². The van der Waals surface area contributed by atoms with Crippen molar-refractivity contribution in [3.05, 3.63) is 179 Å². The lowest BCUT2D eigenvalue weighted by molar-refractivity contribution is 0.0964. The number of nitrogens with zero attached hydrogens (tertiary/aromatic N) is 7. The predicted octanol–water partition coefficient (Wildman–Crippen LogP) is 13.7. The number of carbonyl (C=O) groups is 2. The van der Waals surface area contributed by atoms with Gasteiger partial charge in [-0.1, -0.05) is 107 Å². The van der Waals surface area contributed by atoms with Crippen LogP contribution in [0.25, 0.3) is 44.5 Å². The lowest BCUT2D eigenvalue weighted by Gasteiger charge is -2.11. The second-order valence-electron chi connectivity index (χ2n) is 14.8. The molecule has 0 spiro atoms. The van der Waals surface area contributed by atoms with Crippen LogP contribution in [0.3, 0.4) is 0 Å². The molecular weight excluding hydrogens is 924 g/mol. The number of phenols is 2. The first-order chi connectivity index (χ1) is 33.7. The molecule has 0 aliphatic heterocycles. The van der Waals surface area contributed by atoms with E-state index >= 15 is 0 Å². The quantitative estimate of drug-likeness (QED) is 0.0227. The number of halogens is 2. The summed E-state index contributed by atoms with van der Waals surface area (Å²) in [5.41, 5.74) is 6.13. The number of aromatic nitrogens is 2. The van der Waals surface area contributed by atoms with Gasteiger partial charge < -0.3 is 29.6 Å².